The maximum atomic E-state index is 8.60. The maximum absolute atomic E-state index is 8.60. The molecule has 0 saturated heterocycles. The Morgan fingerprint density at radius 1 is 1.53 bits per heavy atom. The van der Waals surface area contributed by atoms with Crippen molar-refractivity contribution in [2.45, 2.75) is 13.0 Å². The number of furan rings is 1. The largest absolute Gasteiger partial charge is 0.449 e. The van der Waals surface area contributed by atoms with Gasteiger partial charge in [0.25, 0.3) is 0 Å². The van der Waals surface area contributed by atoms with Gasteiger partial charge in [0, 0.05) is 32.4 Å². The van der Waals surface area contributed by atoms with E-state index in [4.69, 9.17) is 9.68 Å². The average Bonchev–Trinajstić information content (AvgIpc) is 2.94. The van der Waals surface area contributed by atoms with E-state index in [0.29, 0.717) is 12.3 Å². The maximum Gasteiger partial charge on any atom is 0.203 e. The molecule has 0 spiro atoms. The highest BCUT2D eigenvalue weighted by Crippen LogP contribution is 2.05. The molecule has 0 unspecified atom stereocenters. The molecule has 0 bridgehead atoms. The summed E-state index contributed by atoms with van der Waals surface area (Å²) in [6.45, 7) is 1.46. The Kier molecular flexibility index (Phi) is 3.58. The fourth-order valence-corrected chi connectivity index (χ4v) is 1.58. The van der Waals surface area contributed by atoms with Crippen LogP contribution in [0.5, 0.6) is 0 Å². The Hall–Kier alpha value is -2.06. The molecule has 2 rings (SSSR count). The summed E-state index contributed by atoms with van der Waals surface area (Å²) in [5, 5.41) is 11.9. The molecule has 17 heavy (non-hydrogen) atoms. The Morgan fingerprint density at radius 3 is 3.06 bits per heavy atom. The Balaban J connectivity index is 1.73. The zero-order chi connectivity index (χ0) is 12.1. The fraction of sp³-hybridized carbons (Fsp3) is 0.333. The van der Waals surface area contributed by atoms with Crippen LogP contribution in [-0.2, 0) is 20.0 Å². The molecule has 0 saturated carbocycles. The first-order valence-electron chi connectivity index (χ1n) is 5.45. The lowest BCUT2D eigenvalue weighted by atomic mass is 10.3. The van der Waals surface area contributed by atoms with E-state index < -0.39 is 0 Å². The van der Waals surface area contributed by atoms with Crippen LogP contribution in [0.25, 0.3) is 0 Å². The predicted octanol–water partition coefficient (Wildman–Crippen LogP) is 1.22. The number of aryl methyl sites for hydroxylation is 1. The van der Waals surface area contributed by atoms with Crippen molar-refractivity contribution in [1.82, 2.24) is 14.9 Å². The summed E-state index contributed by atoms with van der Waals surface area (Å²) in [5.41, 5.74) is 0. The molecular weight excluding hydrogens is 216 g/mol. The Morgan fingerprint density at radius 2 is 2.41 bits per heavy atom. The van der Waals surface area contributed by atoms with Gasteiger partial charge in [-0.1, -0.05) is 0 Å². The summed E-state index contributed by atoms with van der Waals surface area (Å²) in [6, 6.07) is 5.45. The van der Waals surface area contributed by atoms with Gasteiger partial charge in [-0.2, -0.15) is 5.26 Å². The minimum Gasteiger partial charge on any atom is -0.449 e. The van der Waals surface area contributed by atoms with Gasteiger partial charge in [0.15, 0.2) is 0 Å². The standard InChI is InChI=1S/C12H14N4O/c1-16-7-6-15-12(16)4-5-14-9-11-3-2-10(8-13)17-11/h2-3,6-7,14H,4-5,9H2,1H3. The summed E-state index contributed by atoms with van der Waals surface area (Å²) >= 11 is 0. The van der Waals surface area contributed by atoms with E-state index in [-0.39, 0.29) is 0 Å². The number of nitriles is 1. The van der Waals surface area contributed by atoms with Crippen LogP contribution in [0.15, 0.2) is 28.9 Å². The molecule has 0 fully saturated rings. The van der Waals surface area contributed by atoms with Crippen molar-refractivity contribution in [2.75, 3.05) is 6.54 Å². The fourth-order valence-electron chi connectivity index (χ4n) is 1.58. The van der Waals surface area contributed by atoms with Crippen LogP contribution in [0.4, 0.5) is 0 Å². The smallest absolute Gasteiger partial charge is 0.203 e. The zero-order valence-electron chi connectivity index (χ0n) is 9.68. The first kappa shape index (κ1) is 11.4. The molecule has 0 aliphatic carbocycles. The lowest BCUT2D eigenvalue weighted by Crippen LogP contribution is -2.17. The summed E-state index contributed by atoms with van der Waals surface area (Å²) in [4.78, 5) is 4.23. The average molecular weight is 230 g/mol. The first-order chi connectivity index (χ1) is 8.29. The van der Waals surface area contributed by atoms with Gasteiger partial charge >= 0.3 is 0 Å². The van der Waals surface area contributed by atoms with E-state index in [1.165, 1.54) is 0 Å². The predicted molar refractivity (Wildman–Crippen MR) is 62.0 cm³/mol. The molecule has 0 radical (unpaired) electrons. The summed E-state index contributed by atoms with van der Waals surface area (Å²) in [5.74, 6) is 2.18. The molecule has 2 heterocycles. The molecule has 1 N–H and O–H groups in total. The molecule has 2 aromatic heterocycles. The van der Waals surface area contributed by atoms with E-state index in [0.717, 1.165) is 24.6 Å². The van der Waals surface area contributed by atoms with Gasteiger partial charge in [0.05, 0.1) is 6.54 Å². The number of hydrogen-bond acceptors (Lipinski definition) is 4. The van der Waals surface area contributed by atoms with Crippen molar-refractivity contribution in [3.05, 3.63) is 41.9 Å². The van der Waals surface area contributed by atoms with Crippen molar-refractivity contribution < 1.29 is 4.42 Å². The first-order valence-corrected chi connectivity index (χ1v) is 5.45. The van der Waals surface area contributed by atoms with Crippen LogP contribution in [0.1, 0.15) is 17.3 Å². The van der Waals surface area contributed by atoms with E-state index in [2.05, 4.69) is 10.3 Å². The third kappa shape index (κ3) is 2.95. The molecule has 0 atom stereocenters. The molecule has 0 aromatic carbocycles. The summed E-state index contributed by atoms with van der Waals surface area (Å²) < 4.78 is 7.25. The molecule has 0 amide bonds. The number of imidazole rings is 1. The highest BCUT2D eigenvalue weighted by atomic mass is 16.3. The Bertz CT molecular complexity index is 521. The van der Waals surface area contributed by atoms with Crippen molar-refractivity contribution in [2.24, 2.45) is 7.05 Å². The quantitative estimate of drug-likeness (QED) is 0.784. The highest BCUT2D eigenvalue weighted by Gasteiger charge is 2.01. The van der Waals surface area contributed by atoms with Crippen LogP contribution >= 0.6 is 0 Å². The number of nitrogens with zero attached hydrogens (tertiary/aromatic N) is 3. The summed E-state index contributed by atoms with van der Waals surface area (Å²) in [6.07, 6.45) is 4.59. The van der Waals surface area contributed by atoms with Crippen LogP contribution in [0.2, 0.25) is 0 Å². The molecule has 5 nitrogen and oxygen atoms in total. The van der Waals surface area contributed by atoms with Gasteiger partial charge in [0.2, 0.25) is 5.76 Å². The molecule has 2 aromatic rings. The van der Waals surface area contributed by atoms with E-state index >= 15 is 0 Å². The molecule has 0 aliphatic heterocycles. The third-order valence-electron chi connectivity index (χ3n) is 2.52. The lowest BCUT2D eigenvalue weighted by molar-refractivity contribution is 0.473. The second kappa shape index (κ2) is 5.32. The van der Waals surface area contributed by atoms with Crippen molar-refractivity contribution in [3.63, 3.8) is 0 Å². The zero-order valence-corrected chi connectivity index (χ0v) is 9.68. The van der Waals surface area contributed by atoms with Crippen molar-refractivity contribution >= 4 is 0 Å². The Labute approximate surface area is 99.7 Å². The monoisotopic (exact) mass is 230 g/mol. The van der Waals surface area contributed by atoms with Crippen molar-refractivity contribution in [1.29, 1.82) is 5.26 Å². The lowest BCUT2D eigenvalue weighted by Gasteiger charge is -2.03. The van der Waals surface area contributed by atoms with Gasteiger partial charge in [0.1, 0.15) is 17.7 Å². The van der Waals surface area contributed by atoms with Gasteiger partial charge in [-0.05, 0) is 12.1 Å². The minimum absolute atomic E-state index is 0.353. The second-order valence-corrected chi connectivity index (χ2v) is 3.76. The van der Waals surface area contributed by atoms with E-state index in [9.17, 15) is 0 Å². The minimum atomic E-state index is 0.353. The number of hydrogen-bond donors (Lipinski definition) is 1. The van der Waals surface area contributed by atoms with E-state index in [1.807, 2.05) is 29.9 Å². The van der Waals surface area contributed by atoms with Gasteiger partial charge in [-0.3, -0.25) is 0 Å². The molecule has 5 heteroatoms. The highest BCUT2D eigenvalue weighted by molar-refractivity contribution is 5.18. The number of nitrogens with one attached hydrogen (secondary N) is 1. The van der Waals surface area contributed by atoms with Crippen molar-refractivity contribution in [3.8, 4) is 6.07 Å². The molecule has 88 valence electrons. The second-order valence-electron chi connectivity index (χ2n) is 3.76. The van der Waals surface area contributed by atoms with Crippen LogP contribution in [0, 0.1) is 11.3 Å². The number of aromatic nitrogens is 2. The van der Waals surface area contributed by atoms with Gasteiger partial charge < -0.3 is 14.3 Å². The topological polar surface area (TPSA) is 66.8 Å². The van der Waals surface area contributed by atoms with Gasteiger partial charge in [-0.15, -0.1) is 0 Å². The third-order valence-corrected chi connectivity index (χ3v) is 2.52. The normalized spacial score (nSPS) is 10.4. The van der Waals surface area contributed by atoms with Crippen LogP contribution < -0.4 is 5.32 Å². The van der Waals surface area contributed by atoms with E-state index in [1.54, 1.807) is 12.3 Å². The van der Waals surface area contributed by atoms with Crippen LogP contribution in [-0.4, -0.2) is 16.1 Å². The molecular formula is C12H14N4O. The SMILES string of the molecule is Cn1ccnc1CCNCc1ccc(C#N)o1. The number of rotatable bonds is 5. The van der Waals surface area contributed by atoms with Gasteiger partial charge in [-0.25, -0.2) is 4.98 Å². The van der Waals surface area contributed by atoms with Crippen LogP contribution in [0.3, 0.4) is 0 Å². The summed E-state index contributed by atoms with van der Waals surface area (Å²) in [7, 11) is 1.98. The molecule has 0 aliphatic rings.